The summed E-state index contributed by atoms with van der Waals surface area (Å²) < 4.78 is 25.7. The summed E-state index contributed by atoms with van der Waals surface area (Å²) in [5.41, 5.74) is 5.85. The van der Waals surface area contributed by atoms with Gasteiger partial charge in [-0.05, 0) is 60.4 Å². The van der Waals surface area contributed by atoms with Gasteiger partial charge in [0.05, 0.1) is 16.7 Å². The molecule has 3 N–H and O–H groups in total. The number of sulfone groups is 1. The number of hydrogen-bond acceptors (Lipinski definition) is 4. The number of fused-ring (bicyclic) bond motifs is 1. The fraction of sp³-hybridized carbons (Fsp3) is 0.240. The monoisotopic (exact) mass is 449 g/mol. The van der Waals surface area contributed by atoms with Crippen molar-refractivity contribution in [1.82, 2.24) is 10.6 Å². The molecular weight excluding hydrogens is 422 g/mol. The van der Waals surface area contributed by atoms with E-state index in [4.69, 9.17) is 0 Å². The van der Waals surface area contributed by atoms with Crippen LogP contribution in [0.15, 0.2) is 71.6 Å². The third kappa shape index (κ3) is 5.18. The molecule has 0 saturated heterocycles. The quantitative estimate of drug-likeness (QED) is 0.519. The van der Waals surface area contributed by atoms with Gasteiger partial charge >= 0.3 is 6.03 Å². The molecule has 0 aliphatic carbocycles. The minimum Gasteiger partial charge on any atom is -0.331 e. The Bertz CT molecular complexity index is 1220. The standard InChI is InChI=1S/C25H27N3O3S/c1-17-3-6-20(7-4-17)18(2)27-25(29)28-23-9-11-24(12-10-23)32(30,31)16-19-5-8-21-14-26-15-22(21)13-19/h3-13,18,26H,14-16H2,1-2H3,(H2,27,28,29). The van der Waals surface area contributed by atoms with E-state index in [0.717, 1.165) is 35.3 Å². The smallest absolute Gasteiger partial charge is 0.319 e. The van der Waals surface area contributed by atoms with Gasteiger partial charge in [-0.2, -0.15) is 0 Å². The van der Waals surface area contributed by atoms with E-state index >= 15 is 0 Å². The highest BCUT2D eigenvalue weighted by atomic mass is 32.2. The first-order valence-electron chi connectivity index (χ1n) is 10.6. The van der Waals surface area contributed by atoms with Crippen LogP contribution in [0.3, 0.4) is 0 Å². The van der Waals surface area contributed by atoms with Crippen molar-refractivity contribution in [1.29, 1.82) is 0 Å². The summed E-state index contributed by atoms with van der Waals surface area (Å²) in [4.78, 5) is 12.6. The highest BCUT2D eigenvalue weighted by molar-refractivity contribution is 7.90. The van der Waals surface area contributed by atoms with Gasteiger partial charge in [-0.15, -0.1) is 0 Å². The van der Waals surface area contributed by atoms with Gasteiger partial charge in [0.25, 0.3) is 0 Å². The molecule has 0 fully saturated rings. The second kappa shape index (κ2) is 9.14. The van der Waals surface area contributed by atoms with E-state index in [1.807, 2.05) is 56.3 Å². The third-order valence-corrected chi connectivity index (χ3v) is 7.36. The van der Waals surface area contributed by atoms with E-state index in [0.29, 0.717) is 5.69 Å². The maximum Gasteiger partial charge on any atom is 0.319 e. The molecule has 6 nitrogen and oxygen atoms in total. The number of amides is 2. The molecule has 166 valence electrons. The summed E-state index contributed by atoms with van der Waals surface area (Å²) in [5, 5.41) is 8.91. The summed E-state index contributed by atoms with van der Waals surface area (Å²) >= 11 is 0. The van der Waals surface area contributed by atoms with Crippen LogP contribution in [-0.2, 0) is 28.7 Å². The van der Waals surface area contributed by atoms with Crippen LogP contribution < -0.4 is 16.0 Å². The van der Waals surface area contributed by atoms with E-state index in [1.165, 1.54) is 17.7 Å². The Labute approximate surface area is 189 Å². The van der Waals surface area contributed by atoms with Crippen LogP contribution in [0.2, 0.25) is 0 Å². The highest BCUT2D eigenvalue weighted by Gasteiger charge is 2.18. The molecule has 0 spiro atoms. The van der Waals surface area contributed by atoms with Gasteiger partial charge < -0.3 is 16.0 Å². The Morgan fingerprint density at radius 2 is 1.66 bits per heavy atom. The number of rotatable bonds is 6. The van der Waals surface area contributed by atoms with Gasteiger partial charge in [0, 0.05) is 18.8 Å². The summed E-state index contributed by atoms with van der Waals surface area (Å²) in [7, 11) is -3.48. The van der Waals surface area contributed by atoms with Crippen LogP contribution in [0.1, 0.15) is 40.8 Å². The molecule has 0 radical (unpaired) electrons. The van der Waals surface area contributed by atoms with Crippen molar-refractivity contribution in [3.05, 3.63) is 94.5 Å². The molecule has 7 heteroatoms. The van der Waals surface area contributed by atoms with Gasteiger partial charge in [0.1, 0.15) is 0 Å². The van der Waals surface area contributed by atoms with Crippen molar-refractivity contribution in [2.45, 2.75) is 43.6 Å². The fourth-order valence-electron chi connectivity index (χ4n) is 3.79. The van der Waals surface area contributed by atoms with Crippen molar-refractivity contribution in [2.24, 2.45) is 0 Å². The van der Waals surface area contributed by atoms with Crippen molar-refractivity contribution in [2.75, 3.05) is 5.32 Å². The minimum atomic E-state index is -3.48. The second-order valence-corrected chi connectivity index (χ2v) is 10.2. The SMILES string of the molecule is Cc1ccc(C(C)NC(=O)Nc2ccc(S(=O)(=O)Cc3ccc4c(c3)CNC4)cc2)cc1. The Morgan fingerprint density at radius 1 is 0.969 bits per heavy atom. The van der Waals surface area contributed by atoms with Crippen molar-refractivity contribution >= 4 is 21.6 Å². The average Bonchev–Trinajstić information content (AvgIpc) is 3.22. The molecule has 1 atom stereocenters. The van der Waals surface area contributed by atoms with Crippen LogP contribution in [0.4, 0.5) is 10.5 Å². The fourth-order valence-corrected chi connectivity index (χ4v) is 5.12. The largest absolute Gasteiger partial charge is 0.331 e. The zero-order chi connectivity index (χ0) is 22.7. The molecule has 0 aromatic heterocycles. The predicted molar refractivity (Wildman–Crippen MR) is 126 cm³/mol. The molecule has 32 heavy (non-hydrogen) atoms. The maximum atomic E-state index is 12.8. The normalized spacial score (nSPS) is 13.9. The molecular formula is C25H27N3O3S. The first-order chi connectivity index (χ1) is 15.3. The molecule has 2 amide bonds. The molecule has 1 aliphatic rings. The average molecular weight is 450 g/mol. The number of hydrogen-bond donors (Lipinski definition) is 3. The molecule has 0 saturated carbocycles. The molecule has 1 heterocycles. The van der Waals surface area contributed by atoms with Crippen LogP contribution >= 0.6 is 0 Å². The lowest BCUT2D eigenvalue weighted by atomic mass is 10.1. The topological polar surface area (TPSA) is 87.3 Å². The van der Waals surface area contributed by atoms with Gasteiger partial charge in [0.15, 0.2) is 9.84 Å². The predicted octanol–water partition coefficient (Wildman–Crippen LogP) is 4.45. The van der Waals surface area contributed by atoms with E-state index in [9.17, 15) is 13.2 Å². The van der Waals surface area contributed by atoms with Crippen LogP contribution in [0.25, 0.3) is 0 Å². The van der Waals surface area contributed by atoms with Crippen LogP contribution in [0, 0.1) is 6.92 Å². The van der Waals surface area contributed by atoms with Crippen molar-refractivity contribution in [3.63, 3.8) is 0 Å². The van der Waals surface area contributed by atoms with E-state index < -0.39 is 9.84 Å². The zero-order valence-electron chi connectivity index (χ0n) is 18.2. The minimum absolute atomic E-state index is 0.0540. The Morgan fingerprint density at radius 3 is 2.38 bits per heavy atom. The lowest BCUT2D eigenvalue weighted by Crippen LogP contribution is -2.31. The number of nitrogens with one attached hydrogen (secondary N) is 3. The Balaban J connectivity index is 1.37. The summed E-state index contributed by atoms with van der Waals surface area (Å²) in [6, 6.07) is 19.6. The summed E-state index contributed by atoms with van der Waals surface area (Å²) in [6.45, 7) is 5.53. The van der Waals surface area contributed by atoms with Gasteiger partial charge in [0.2, 0.25) is 0 Å². The Kier molecular flexibility index (Phi) is 6.30. The first-order valence-corrected chi connectivity index (χ1v) is 12.2. The number of benzene rings is 3. The second-order valence-electron chi connectivity index (χ2n) is 8.22. The van der Waals surface area contributed by atoms with Crippen molar-refractivity contribution in [3.8, 4) is 0 Å². The molecule has 3 aromatic rings. The first kappa shape index (κ1) is 22.0. The number of urea groups is 1. The summed E-state index contributed by atoms with van der Waals surface area (Å²) in [6.07, 6.45) is 0. The number of anilines is 1. The zero-order valence-corrected chi connectivity index (χ0v) is 19.0. The third-order valence-electron chi connectivity index (χ3n) is 5.65. The summed E-state index contributed by atoms with van der Waals surface area (Å²) in [5.74, 6) is -0.0540. The van der Waals surface area contributed by atoms with E-state index in [1.54, 1.807) is 12.1 Å². The van der Waals surface area contributed by atoms with Gasteiger partial charge in [-0.25, -0.2) is 13.2 Å². The molecule has 1 aliphatic heterocycles. The number of aryl methyl sites for hydroxylation is 1. The number of carbonyl (C=O) groups is 1. The van der Waals surface area contributed by atoms with Gasteiger partial charge in [-0.1, -0.05) is 48.0 Å². The molecule has 3 aromatic carbocycles. The molecule has 1 unspecified atom stereocenters. The lowest BCUT2D eigenvalue weighted by Gasteiger charge is -2.15. The highest BCUT2D eigenvalue weighted by Crippen LogP contribution is 2.22. The van der Waals surface area contributed by atoms with Gasteiger partial charge in [-0.3, -0.25) is 0 Å². The van der Waals surface area contributed by atoms with Crippen LogP contribution in [-0.4, -0.2) is 14.4 Å². The lowest BCUT2D eigenvalue weighted by molar-refractivity contribution is 0.249. The molecule has 4 rings (SSSR count). The van der Waals surface area contributed by atoms with Crippen molar-refractivity contribution < 1.29 is 13.2 Å². The van der Waals surface area contributed by atoms with E-state index in [-0.39, 0.29) is 22.7 Å². The maximum absolute atomic E-state index is 12.8. The molecule has 0 bridgehead atoms. The number of carbonyl (C=O) groups excluding carboxylic acids is 1. The van der Waals surface area contributed by atoms with Crippen LogP contribution in [0.5, 0.6) is 0 Å². The van der Waals surface area contributed by atoms with E-state index in [2.05, 4.69) is 16.0 Å². The Hall–Kier alpha value is -3.16.